The number of nitrogens with one attached hydrogen (secondary N) is 1. The van der Waals surface area contributed by atoms with E-state index in [0.717, 1.165) is 52.3 Å². The van der Waals surface area contributed by atoms with E-state index < -0.39 is 0 Å². The summed E-state index contributed by atoms with van der Waals surface area (Å²) in [7, 11) is 3.30. The second-order valence-electron chi connectivity index (χ2n) is 5.96. The van der Waals surface area contributed by atoms with Crippen LogP contribution in [0.15, 0.2) is 47.3 Å². The quantitative estimate of drug-likeness (QED) is 0.799. The minimum atomic E-state index is -0.354. The molecule has 126 valence electrons. The minimum Gasteiger partial charge on any atom is -0.497 e. The highest BCUT2D eigenvalue weighted by molar-refractivity contribution is 5.78. The first kappa shape index (κ1) is 15.4. The van der Waals surface area contributed by atoms with Crippen LogP contribution in [-0.4, -0.2) is 24.2 Å². The maximum Gasteiger partial charge on any atom is 0.345 e. The SMILES string of the molecule is COc1cccc(-c2nc(=O)[nH]c3c2CCc2c(OC)cccc2-3)c1. The second kappa shape index (κ2) is 6.09. The van der Waals surface area contributed by atoms with Gasteiger partial charge in [0.05, 0.1) is 25.6 Å². The van der Waals surface area contributed by atoms with Gasteiger partial charge in [0.2, 0.25) is 0 Å². The van der Waals surface area contributed by atoms with Gasteiger partial charge in [0.15, 0.2) is 0 Å². The smallest absolute Gasteiger partial charge is 0.345 e. The summed E-state index contributed by atoms with van der Waals surface area (Å²) in [5.74, 6) is 1.59. The zero-order valence-electron chi connectivity index (χ0n) is 14.1. The highest BCUT2D eigenvalue weighted by atomic mass is 16.5. The summed E-state index contributed by atoms with van der Waals surface area (Å²) < 4.78 is 10.8. The van der Waals surface area contributed by atoms with Crippen molar-refractivity contribution >= 4 is 0 Å². The Hall–Kier alpha value is -3.08. The first-order chi connectivity index (χ1) is 12.2. The topological polar surface area (TPSA) is 64.2 Å². The zero-order chi connectivity index (χ0) is 17.4. The molecule has 1 N–H and O–H groups in total. The fraction of sp³-hybridized carbons (Fsp3) is 0.200. The molecule has 0 saturated heterocycles. The van der Waals surface area contributed by atoms with Gasteiger partial charge in [0.25, 0.3) is 0 Å². The molecular weight excluding hydrogens is 316 g/mol. The average Bonchev–Trinajstić information content (AvgIpc) is 2.66. The number of aromatic nitrogens is 2. The molecule has 0 amide bonds. The molecule has 5 heteroatoms. The summed E-state index contributed by atoms with van der Waals surface area (Å²) in [5, 5.41) is 0. The predicted molar refractivity (Wildman–Crippen MR) is 96.2 cm³/mol. The monoisotopic (exact) mass is 334 g/mol. The molecule has 0 bridgehead atoms. The van der Waals surface area contributed by atoms with E-state index in [-0.39, 0.29) is 5.69 Å². The van der Waals surface area contributed by atoms with Crippen LogP contribution in [0.4, 0.5) is 0 Å². The number of methoxy groups -OCH3 is 2. The molecule has 0 unspecified atom stereocenters. The van der Waals surface area contributed by atoms with Crippen molar-refractivity contribution in [1.82, 2.24) is 9.97 Å². The summed E-state index contributed by atoms with van der Waals surface area (Å²) in [4.78, 5) is 19.4. The first-order valence-electron chi connectivity index (χ1n) is 8.15. The molecule has 4 rings (SSSR count). The number of H-pyrrole nitrogens is 1. The van der Waals surface area contributed by atoms with Crippen LogP contribution in [0.1, 0.15) is 11.1 Å². The van der Waals surface area contributed by atoms with E-state index in [1.54, 1.807) is 14.2 Å². The molecule has 5 nitrogen and oxygen atoms in total. The largest absolute Gasteiger partial charge is 0.497 e. The van der Waals surface area contributed by atoms with Gasteiger partial charge < -0.3 is 14.5 Å². The van der Waals surface area contributed by atoms with Crippen LogP contribution in [0.25, 0.3) is 22.5 Å². The third kappa shape index (κ3) is 2.58. The number of aromatic amines is 1. The molecule has 1 heterocycles. The van der Waals surface area contributed by atoms with Gasteiger partial charge in [-0.3, -0.25) is 0 Å². The van der Waals surface area contributed by atoms with Gasteiger partial charge in [-0.1, -0.05) is 24.3 Å². The molecule has 0 saturated carbocycles. The van der Waals surface area contributed by atoms with Gasteiger partial charge in [0, 0.05) is 22.3 Å². The Labute approximate surface area is 145 Å². The summed E-state index contributed by atoms with van der Waals surface area (Å²) >= 11 is 0. The summed E-state index contributed by atoms with van der Waals surface area (Å²) in [5.41, 5.74) is 5.25. The Balaban J connectivity index is 1.96. The van der Waals surface area contributed by atoms with Crippen LogP contribution in [0.5, 0.6) is 11.5 Å². The molecule has 1 aliphatic rings. The zero-order valence-corrected chi connectivity index (χ0v) is 14.1. The normalized spacial score (nSPS) is 12.2. The Bertz CT molecular complexity index is 988. The molecule has 25 heavy (non-hydrogen) atoms. The molecule has 0 aliphatic heterocycles. The van der Waals surface area contributed by atoms with Crippen LogP contribution in [0, 0.1) is 0 Å². The molecule has 1 aliphatic carbocycles. The Kier molecular flexibility index (Phi) is 3.76. The predicted octanol–water partition coefficient (Wildman–Crippen LogP) is 3.22. The van der Waals surface area contributed by atoms with Gasteiger partial charge in [0.1, 0.15) is 11.5 Å². The lowest BCUT2D eigenvalue weighted by Crippen LogP contribution is -2.19. The van der Waals surface area contributed by atoms with E-state index in [4.69, 9.17) is 9.47 Å². The van der Waals surface area contributed by atoms with Gasteiger partial charge in [-0.15, -0.1) is 0 Å². The van der Waals surface area contributed by atoms with Gasteiger partial charge in [-0.05, 0) is 31.0 Å². The lowest BCUT2D eigenvalue weighted by Gasteiger charge is -2.23. The van der Waals surface area contributed by atoms with Gasteiger partial charge >= 0.3 is 5.69 Å². The van der Waals surface area contributed by atoms with Crippen molar-refractivity contribution in [2.75, 3.05) is 14.2 Å². The van der Waals surface area contributed by atoms with Crippen molar-refractivity contribution < 1.29 is 9.47 Å². The lowest BCUT2D eigenvalue weighted by atomic mass is 9.86. The van der Waals surface area contributed by atoms with E-state index in [2.05, 4.69) is 9.97 Å². The maximum atomic E-state index is 12.2. The molecular formula is C20H18N2O3. The summed E-state index contributed by atoms with van der Waals surface area (Å²) in [6, 6.07) is 13.5. The second-order valence-corrected chi connectivity index (χ2v) is 5.96. The van der Waals surface area contributed by atoms with Crippen molar-refractivity contribution in [2.24, 2.45) is 0 Å². The molecule has 3 aromatic rings. The van der Waals surface area contributed by atoms with E-state index in [9.17, 15) is 4.79 Å². The third-order valence-corrected chi connectivity index (χ3v) is 4.62. The molecule has 0 atom stereocenters. The van der Waals surface area contributed by atoms with E-state index in [0.29, 0.717) is 5.69 Å². The average molecular weight is 334 g/mol. The van der Waals surface area contributed by atoms with E-state index >= 15 is 0 Å². The van der Waals surface area contributed by atoms with Crippen LogP contribution in [0.3, 0.4) is 0 Å². The molecule has 2 aromatic carbocycles. The number of rotatable bonds is 3. The van der Waals surface area contributed by atoms with Crippen molar-refractivity contribution in [3.05, 3.63) is 64.1 Å². The Morgan fingerprint density at radius 1 is 1.00 bits per heavy atom. The van der Waals surface area contributed by atoms with Crippen molar-refractivity contribution in [3.8, 4) is 34.0 Å². The van der Waals surface area contributed by atoms with Crippen molar-refractivity contribution in [1.29, 1.82) is 0 Å². The summed E-state index contributed by atoms with van der Waals surface area (Å²) in [6.45, 7) is 0. The molecule has 0 radical (unpaired) electrons. The minimum absolute atomic E-state index is 0.354. The fourth-order valence-electron chi connectivity index (χ4n) is 3.48. The van der Waals surface area contributed by atoms with E-state index in [1.165, 1.54) is 0 Å². The number of hydrogen-bond donors (Lipinski definition) is 1. The molecule has 0 fully saturated rings. The first-order valence-corrected chi connectivity index (χ1v) is 8.15. The van der Waals surface area contributed by atoms with Gasteiger partial charge in [-0.2, -0.15) is 4.98 Å². The molecule has 1 aromatic heterocycles. The third-order valence-electron chi connectivity index (χ3n) is 4.62. The molecule has 0 spiro atoms. The fourth-order valence-corrected chi connectivity index (χ4v) is 3.48. The van der Waals surface area contributed by atoms with Gasteiger partial charge in [-0.25, -0.2) is 4.79 Å². The Morgan fingerprint density at radius 3 is 2.60 bits per heavy atom. The van der Waals surface area contributed by atoms with Crippen molar-refractivity contribution in [3.63, 3.8) is 0 Å². The number of nitrogens with zero attached hydrogens (tertiary/aromatic N) is 1. The van der Waals surface area contributed by atoms with Crippen molar-refractivity contribution in [2.45, 2.75) is 12.8 Å². The lowest BCUT2D eigenvalue weighted by molar-refractivity contribution is 0.409. The summed E-state index contributed by atoms with van der Waals surface area (Å²) in [6.07, 6.45) is 1.63. The number of fused-ring (bicyclic) bond motifs is 3. The van der Waals surface area contributed by atoms with Crippen LogP contribution in [0.2, 0.25) is 0 Å². The number of ether oxygens (including phenoxy) is 2. The highest BCUT2D eigenvalue weighted by Crippen LogP contribution is 2.39. The Morgan fingerprint density at radius 2 is 1.80 bits per heavy atom. The highest BCUT2D eigenvalue weighted by Gasteiger charge is 2.24. The van der Waals surface area contributed by atoms with Crippen LogP contribution >= 0.6 is 0 Å². The van der Waals surface area contributed by atoms with Crippen LogP contribution < -0.4 is 15.2 Å². The van der Waals surface area contributed by atoms with Crippen LogP contribution in [-0.2, 0) is 12.8 Å². The number of hydrogen-bond acceptors (Lipinski definition) is 4. The number of benzene rings is 2. The standard InChI is InChI=1S/C20H18N2O3/c1-24-13-6-3-5-12(11-13)18-16-10-9-14-15(7-4-8-17(14)25-2)19(16)22-20(23)21-18/h3-8,11H,9-10H2,1-2H3,(H,21,22,23). The maximum absolute atomic E-state index is 12.2. The van der Waals surface area contributed by atoms with E-state index in [1.807, 2.05) is 42.5 Å².